The average Bonchev–Trinajstić information content (AvgIpc) is 3.22. The van der Waals surface area contributed by atoms with Gasteiger partial charge in [0, 0.05) is 16.9 Å². The lowest BCUT2D eigenvalue weighted by Crippen LogP contribution is -2.17. The number of ether oxygens (including phenoxy) is 1. The number of hydrogen-bond donors (Lipinski definition) is 1. The zero-order valence-corrected chi connectivity index (χ0v) is 19.2. The van der Waals surface area contributed by atoms with Crippen molar-refractivity contribution in [2.24, 2.45) is 5.10 Å². The van der Waals surface area contributed by atoms with E-state index in [0.29, 0.717) is 26.6 Å². The van der Waals surface area contributed by atoms with E-state index in [1.807, 2.05) is 42.5 Å². The molecule has 4 aromatic rings. The predicted molar refractivity (Wildman–Crippen MR) is 128 cm³/mol. The van der Waals surface area contributed by atoms with Gasteiger partial charge in [0.1, 0.15) is 11.3 Å². The molecule has 1 amide bonds. The van der Waals surface area contributed by atoms with E-state index in [4.69, 9.17) is 32.4 Å². The third-order valence-electron chi connectivity index (χ3n) is 4.49. The van der Waals surface area contributed by atoms with Gasteiger partial charge in [-0.3, -0.25) is 4.79 Å². The Hall–Kier alpha value is -3.00. The van der Waals surface area contributed by atoms with Crippen LogP contribution in [0.4, 0.5) is 0 Å². The van der Waals surface area contributed by atoms with Gasteiger partial charge in [-0.25, -0.2) is 10.4 Å². The lowest BCUT2D eigenvalue weighted by molar-refractivity contribution is 0.0955. The fraction of sp³-hybridized carbons (Fsp3) is 0.0870. The van der Waals surface area contributed by atoms with Crippen LogP contribution in [0.2, 0.25) is 10.0 Å². The summed E-state index contributed by atoms with van der Waals surface area (Å²) in [4.78, 5) is 16.7. The highest BCUT2D eigenvalue weighted by molar-refractivity contribution is 7.98. The summed E-state index contributed by atoms with van der Waals surface area (Å²) in [5.41, 5.74) is 6.16. The first-order valence-corrected chi connectivity index (χ1v) is 11.2. The number of nitrogens with zero attached hydrogens (tertiary/aromatic N) is 2. The Kier molecular flexibility index (Phi) is 6.99. The number of thioether (sulfide) groups is 1. The number of oxazole rings is 1. The van der Waals surface area contributed by atoms with Crippen molar-refractivity contribution < 1.29 is 13.9 Å². The highest BCUT2D eigenvalue weighted by Crippen LogP contribution is 2.30. The number of amides is 1. The first-order chi connectivity index (χ1) is 15.5. The van der Waals surface area contributed by atoms with Crippen LogP contribution in [0, 0.1) is 0 Å². The van der Waals surface area contributed by atoms with Gasteiger partial charge in [-0.1, -0.05) is 47.1 Å². The summed E-state index contributed by atoms with van der Waals surface area (Å²) in [6.45, 7) is 0. The smallest absolute Gasteiger partial charge is 0.271 e. The molecule has 1 N–H and O–H groups in total. The summed E-state index contributed by atoms with van der Waals surface area (Å²) >= 11 is 13.3. The van der Waals surface area contributed by atoms with Crippen molar-refractivity contribution in [3.8, 4) is 5.75 Å². The van der Waals surface area contributed by atoms with Crippen LogP contribution >= 0.6 is 35.0 Å². The van der Waals surface area contributed by atoms with E-state index in [2.05, 4.69) is 15.5 Å². The second kappa shape index (κ2) is 10.1. The van der Waals surface area contributed by atoms with Gasteiger partial charge in [-0.15, -0.1) is 0 Å². The van der Waals surface area contributed by atoms with Crippen molar-refractivity contribution in [3.05, 3.63) is 87.4 Å². The summed E-state index contributed by atoms with van der Waals surface area (Å²) < 4.78 is 11.2. The number of para-hydroxylation sites is 2. The van der Waals surface area contributed by atoms with Crippen LogP contribution in [-0.4, -0.2) is 24.2 Å². The van der Waals surface area contributed by atoms with Gasteiger partial charge >= 0.3 is 0 Å². The number of carbonyl (C=O) groups excluding carboxylic acids is 1. The molecule has 0 saturated heterocycles. The molecule has 4 rings (SSSR count). The number of halogens is 2. The molecule has 32 heavy (non-hydrogen) atoms. The van der Waals surface area contributed by atoms with Crippen molar-refractivity contribution in [1.82, 2.24) is 10.4 Å². The molecule has 9 heteroatoms. The minimum Gasteiger partial charge on any atom is -0.496 e. The topological polar surface area (TPSA) is 76.7 Å². The summed E-state index contributed by atoms with van der Waals surface area (Å²) in [6.07, 6.45) is 1.56. The number of methoxy groups -OCH3 is 1. The van der Waals surface area contributed by atoms with E-state index >= 15 is 0 Å². The van der Waals surface area contributed by atoms with E-state index in [1.54, 1.807) is 25.5 Å². The molecule has 0 bridgehead atoms. The Labute approximate surface area is 198 Å². The summed E-state index contributed by atoms with van der Waals surface area (Å²) in [5.74, 6) is 0.943. The van der Waals surface area contributed by atoms with Crippen LogP contribution in [0.3, 0.4) is 0 Å². The number of rotatable bonds is 7. The SMILES string of the molecule is COc1ccc(/C=N\NC(=O)c2ccc(Cl)c(Cl)c2)cc1CSc1nc2ccccc2o1. The van der Waals surface area contributed by atoms with Gasteiger partial charge in [0.25, 0.3) is 11.1 Å². The number of carbonyl (C=O) groups is 1. The first kappa shape index (κ1) is 22.2. The van der Waals surface area contributed by atoms with Crippen LogP contribution in [0.1, 0.15) is 21.5 Å². The molecule has 0 atom stereocenters. The van der Waals surface area contributed by atoms with Crippen molar-refractivity contribution in [3.63, 3.8) is 0 Å². The maximum atomic E-state index is 12.2. The van der Waals surface area contributed by atoms with Crippen molar-refractivity contribution in [1.29, 1.82) is 0 Å². The quantitative estimate of drug-likeness (QED) is 0.191. The largest absolute Gasteiger partial charge is 0.496 e. The molecule has 1 heterocycles. The molecular formula is C23H17Cl2N3O3S. The van der Waals surface area contributed by atoms with E-state index in [0.717, 1.165) is 28.0 Å². The van der Waals surface area contributed by atoms with Crippen molar-refractivity contribution in [2.45, 2.75) is 11.0 Å². The Balaban J connectivity index is 1.43. The van der Waals surface area contributed by atoms with Gasteiger partial charge in [0.2, 0.25) is 0 Å². The maximum Gasteiger partial charge on any atom is 0.271 e. The van der Waals surface area contributed by atoms with E-state index < -0.39 is 0 Å². The normalized spacial score (nSPS) is 11.2. The maximum absolute atomic E-state index is 12.2. The molecule has 0 radical (unpaired) electrons. The fourth-order valence-electron chi connectivity index (χ4n) is 2.91. The summed E-state index contributed by atoms with van der Waals surface area (Å²) in [6, 6.07) is 17.9. The number of hydrazone groups is 1. The van der Waals surface area contributed by atoms with Crippen LogP contribution in [0.15, 0.2) is 75.4 Å². The molecule has 0 saturated carbocycles. The molecule has 3 aromatic carbocycles. The van der Waals surface area contributed by atoms with E-state index in [-0.39, 0.29) is 5.91 Å². The molecule has 0 aliphatic rings. The van der Waals surface area contributed by atoms with Crippen LogP contribution in [-0.2, 0) is 5.75 Å². The second-order valence-corrected chi connectivity index (χ2v) is 8.38. The minimum absolute atomic E-state index is 0.305. The number of aromatic nitrogens is 1. The molecule has 0 fully saturated rings. The zero-order chi connectivity index (χ0) is 22.5. The van der Waals surface area contributed by atoms with Crippen LogP contribution in [0.5, 0.6) is 5.75 Å². The highest BCUT2D eigenvalue weighted by Gasteiger charge is 2.10. The number of hydrogen-bond acceptors (Lipinski definition) is 6. The highest BCUT2D eigenvalue weighted by atomic mass is 35.5. The van der Waals surface area contributed by atoms with Crippen molar-refractivity contribution >= 4 is 58.2 Å². The summed E-state index contributed by atoms with van der Waals surface area (Å²) in [5, 5.41) is 5.31. The summed E-state index contributed by atoms with van der Waals surface area (Å²) in [7, 11) is 1.62. The fourth-order valence-corrected chi connectivity index (χ4v) is 4.03. The third-order valence-corrected chi connectivity index (χ3v) is 6.11. The van der Waals surface area contributed by atoms with E-state index in [9.17, 15) is 4.79 Å². The van der Waals surface area contributed by atoms with Crippen LogP contribution in [0.25, 0.3) is 11.1 Å². The lowest BCUT2D eigenvalue weighted by atomic mass is 10.1. The standard InChI is InChI=1S/C23H17Cl2N3O3S/c1-30-20-9-6-14(12-26-28-22(29)15-7-8-17(24)18(25)11-15)10-16(20)13-32-23-27-19-4-2-3-5-21(19)31-23/h2-12H,13H2,1H3,(H,28,29)/b26-12-. The predicted octanol–water partition coefficient (Wildman–Crippen LogP) is 6.20. The molecule has 0 spiro atoms. The van der Waals surface area contributed by atoms with Gasteiger partial charge in [-0.2, -0.15) is 5.10 Å². The lowest BCUT2D eigenvalue weighted by Gasteiger charge is -2.08. The molecule has 0 aliphatic carbocycles. The van der Waals surface area contributed by atoms with Crippen LogP contribution < -0.4 is 10.2 Å². The Morgan fingerprint density at radius 2 is 2.00 bits per heavy atom. The minimum atomic E-state index is -0.389. The van der Waals surface area contributed by atoms with Gasteiger partial charge in [-0.05, 0) is 54.1 Å². The number of benzene rings is 3. The van der Waals surface area contributed by atoms with Gasteiger partial charge in [0.15, 0.2) is 5.58 Å². The zero-order valence-electron chi connectivity index (χ0n) is 16.8. The van der Waals surface area contributed by atoms with Gasteiger partial charge < -0.3 is 9.15 Å². The Morgan fingerprint density at radius 3 is 2.78 bits per heavy atom. The number of fused-ring (bicyclic) bond motifs is 1. The second-order valence-electron chi connectivity index (χ2n) is 6.64. The molecular weight excluding hydrogens is 469 g/mol. The molecule has 6 nitrogen and oxygen atoms in total. The third kappa shape index (κ3) is 5.24. The Morgan fingerprint density at radius 1 is 1.16 bits per heavy atom. The van der Waals surface area contributed by atoms with Gasteiger partial charge in [0.05, 0.1) is 23.4 Å². The average molecular weight is 486 g/mol. The molecule has 1 aromatic heterocycles. The molecule has 162 valence electrons. The van der Waals surface area contributed by atoms with Crippen molar-refractivity contribution in [2.75, 3.05) is 7.11 Å². The monoisotopic (exact) mass is 485 g/mol. The Bertz CT molecular complexity index is 1270. The number of nitrogens with one attached hydrogen (secondary N) is 1. The first-order valence-electron chi connectivity index (χ1n) is 9.47. The van der Waals surface area contributed by atoms with E-state index in [1.165, 1.54) is 17.8 Å². The molecule has 0 unspecified atom stereocenters. The molecule has 0 aliphatic heterocycles.